The second kappa shape index (κ2) is 8.79. The van der Waals surface area contributed by atoms with E-state index in [1.807, 2.05) is 0 Å². The van der Waals surface area contributed by atoms with Gasteiger partial charge in [-0.15, -0.1) is 0 Å². The van der Waals surface area contributed by atoms with Crippen molar-refractivity contribution in [3.63, 3.8) is 0 Å². The molecule has 0 spiro atoms. The lowest BCUT2D eigenvalue weighted by atomic mass is 9.46. The molecule has 0 heteroatoms. The predicted molar refractivity (Wildman–Crippen MR) is 120 cm³/mol. The fourth-order valence-corrected chi connectivity index (χ4v) is 8.51. The summed E-state index contributed by atoms with van der Waals surface area (Å²) in [5.41, 5.74) is 1.32. The minimum atomic E-state index is 0.616. The standard InChI is InChI=1S/C27H50/c1-7-24(21(4)12-10-11-20(2)3)26(5)18-16-25-22(19-26)14-15-23-13-8-9-17-27(23,25)6/h20-25H,7-19H2,1-6H3/t21-,22+,23?,24-,25+,26+,27+/m1/s1. The van der Waals surface area contributed by atoms with Gasteiger partial charge in [-0.2, -0.15) is 0 Å². The highest BCUT2D eigenvalue weighted by Gasteiger charge is 2.53. The molecule has 0 bridgehead atoms. The molecule has 0 saturated heterocycles. The van der Waals surface area contributed by atoms with Crippen molar-refractivity contribution in [2.75, 3.05) is 0 Å². The van der Waals surface area contributed by atoms with Gasteiger partial charge in [-0.3, -0.25) is 0 Å². The summed E-state index contributed by atoms with van der Waals surface area (Å²) in [5, 5.41) is 0. The summed E-state index contributed by atoms with van der Waals surface area (Å²) in [6, 6.07) is 0. The van der Waals surface area contributed by atoms with Crippen LogP contribution in [0.4, 0.5) is 0 Å². The lowest BCUT2D eigenvalue weighted by Crippen LogP contribution is -2.50. The van der Waals surface area contributed by atoms with Crippen LogP contribution in [0.5, 0.6) is 0 Å². The third kappa shape index (κ3) is 4.45. The fraction of sp³-hybridized carbons (Fsp3) is 1.00. The molecule has 3 aliphatic carbocycles. The molecular formula is C27H50. The zero-order valence-corrected chi connectivity index (χ0v) is 19.7. The van der Waals surface area contributed by atoms with Crippen LogP contribution in [0, 0.1) is 46.3 Å². The first kappa shape index (κ1) is 21.7. The molecule has 0 aromatic rings. The SMILES string of the molecule is CC[C@H]([C@H](C)CCCC(C)C)[C@@]1(C)CC[C@H]2[C@@H](CCC3CCCC[C@@]32C)C1. The van der Waals surface area contributed by atoms with E-state index in [0.717, 1.165) is 35.5 Å². The maximum Gasteiger partial charge on any atom is -0.0267 e. The average Bonchev–Trinajstić information content (AvgIpc) is 2.61. The van der Waals surface area contributed by atoms with Crippen LogP contribution in [-0.2, 0) is 0 Å². The van der Waals surface area contributed by atoms with Crippen molar-refractivity contribution in [2.24, 2.45) is 46.3 Å². The number of rotatable bonds is 7. The quantitative estimate of drug-likeness (QED) is 0.417. The van der Waals surface area contributed by atoms with E-state index in [1.165, 1.54) is 44.9 Å². The molecule has 7 atom stereocenters. The van der Waals surface area contributed by atoms with Gasteiger partial charge in [0, 0.05) is 0 Å². The van der Waals surface area contributed by atoms with E-state index in [-0.39, 0.29) is 0 Å². The molecule has 27 heavy (non-hydrogen) atoms. The zero-order chi connectivity index (χ0) is 19.7. The maximum absolute atomic E-state index is 2.71. The van der Waals surface area contributed by atoms with Gasteiger partial charge in [-0.25, -0.2) is 0 Å². The van der Waals surface area contributed by atoms with Crippen LogP contribution in [0.25, 0.3) is 0 Å². The van der Waals surface area contributed by atoms with Crippen LogP contribution in [-0.4, -0.2) is 0 Å². The number of fused-ring (bicyclic) bond motifs is 3. The first-order chi connectivity index (χ1) is 12.8. The summed E-state index contributed by atoms with van der Waals surface area (Å²) in [7, 11) is 0. The highest BCUT2D eigenvalue weighted by molar-refractivity contribution is 5.03. The third-order valence-corrected chi connectivity index (χ3v) is 9.97. The highest BCUT2D eigenvalue weighted by atomic mass is 14.6. The van der Waals surface area contributed by atoms with E-state index in [4.69, 9.17) is 0 Å². The summed E-state index contributed by atoms with van der Waals surface area (Å²) in [5.74, 6) is 5.89. The first-order valence-corrected chi connectivity index (χ1v) is 12.8. The summed E-state index contributed by atoms with van der Waals surface area (Å²) in [6.07, 6.45) is 19.5. The number of hydrogen-bond donors (Lipinski definition) is 0. The Kier molecular flexibility index (Phi) is 7.06. The fourth-order valence-electron chi connectivity index (χ4n) is 8.51. The molecule has 3 aliphatic rings. The molecule has 0 aliphatic heterocycles. The Balaban J connectivity index is 1.65. The molecule has 1 unspecified atom stereocenters. The Labute approximate surface area is 171 Å². The minimum absolute atomic E-state index is 0.616. The van der Waals surface area contributed by atoms with E-state index in [0.29, 0.717) is 10.8 Å². The van der Waals surface area contributed by atoms with E-state index in [9.17, 15) is 0 Å². The molecular weight excluding hydrogens is 324 g/mol. The molecule has 0 aromatic carbocycles. The topological polar surface area (TPSA) is 0 Å². The van der Waals surface area contributed by atoms with Crippen LogP contribution in [0.3, 0.4) is 0 Å². The Morgan fingerprint density at radius 2 is 1.67 bits per heavy atom. The molecule has 3 saturated carbocycles. The number of hydrogen-bond acceptors (Lipinski definition) is 0. The highest BCUT2D eigenvalue weighted by Crippen LogP contribution is 2.63. The van der Waals surface area contributed by atoms with Gasteiger partial charge in [0.1, 0.15) is 0 Å². The molecule has 3 rings (SSSR count). The van der Waals surface area contributed by atoms with Gasteiger partial charge >= 0.3 is 0 Å². The van der Waals surface area contributed by atoms with Crippen molar-refractivity contribution in [3.8, 4) is 0 Å². The maximum atomic E-state index is 2.71. The monoisotopic (exact) mass is 374 g/mol. The molecule has 0 N–H and O–H groups in total. The van der Waals surface area contributed by atoms with Gasteiger partial charge in [-0.1, -0.05) is 80.1 Å². The van der Waals surface area contributed by atoms with Gasteiger partial charge < -0.3 is 0 Å². The van der Waals surface area contributed by atoms with E-state index in [2.05, 4.69) is 41.5 Å². The predicted octanol–water partition coefficient (Wildman–Crippen LogP) is 8.89. The summed E-state index contributed by atoms with van der Waals surface area (Å²) in [6.45, 7) is 15.2. The molecule has 0 heterocycles. The Hall–Kier alpha value is 0. The minimum Gasteiger partial charge on any atom is -0.0651 e. The smallest absolute Gasteiger partial charge is 0.0267 e. The van der Waals surface area contributed by atoms with E-state index in [1.54, 1.807) is 38.5 Å². The van der Waals surface area contributed by atoms with Crippen molar-refractivity contribution in [1.82, 2.24) is 0 Å². The van der Waals surface area contributed by atoms with Crippen LogP contribution >= 0.6 is 0 Å². The molecule has 0 radical (unpaired) electrons. The second-order valence-corrected chi connectivity index (χ2v) is 12.1. The Morgan fingerprint density at radius 3 is 2.37 bits per heavy atom. The largest absolute Gasteiger partial charge is 0.0651 e. The van der Waals surface area contributed by atoms with Crippen molar-refractivity contribution in [2.45, 2.75) is 125 Å². The molecule has 158 valence electrons. The Morgan fingerprint density at radius 1 is 0.889 bits per heavy atom. The summed E-state index contributed by atoms with van der Waals surface area (Å²) < 4.78 is 0. The van der Waals surface area contributed by atoms with Crippen LogP contribution < -0.4 is 0 Å². The van der Waals surface area contributed by atoms with Crippen molar-refractivity contribution < 1.29 is 0 Å². The molecule has 0 aromatic heterocycles. The van der Waals surface area contributed by atoms with Gasteiger partial charge in [0.2, 0.25) is 0 Å². The Bertz CT molecular complexity index is 465. The van der Waals surface area contributed by atoms with Crippen LogP contribution in [0.1, 0.15) is 125 Å². The van der Waals surface area contributed by atoms with E-state index >= 15 is 0 Å². The molecule has 3 fully saturated rings. The van der Waals surface area contributed by atoms with Gasteiger partial charge in [-0.05, 0) is 91.3 Å². The lowest BCUT2D eigenvalue weighted by Gasteiger charge is -2.59. The van der Waals surface area contributed by atoms with Crippen LogP contribution in [0.15, 0.2) is 0 Å². The third-order valence-electron chi connectivity index (χ3n) is 9.97. The van der Waals surface area contributed by atoms with Gasteiger partial charge in [0.05, 0.1) is 0 Å². The van der Waals surface area contributed by atoms with Gasteiger partial charge in [0.15, 0.2) is 0 Å². The van der Waals surface area contributed by atoms with E-state index < -0.39 is 0 Å². The normalized spacial score (nSPS) is 41.7. The van der Waals surface area contributed by atoms with Crippen molar-refractivity contribution >= 4 is 0 Å². The molecule has 0 nitrogen and oxygen atoms in total. The zero-order valence-electron chi connectivity index (χ0n) is 19.7. The summed E-state index contributed by atoms with van der Waals surface area (Å²) >= 11 is 0. The average molecular weight is 375 g/mol. The van der Waals surface area contributed by atoms with Crippen molar-refractivity contribution in [1.29, 1.82) is 0 Å². The first-order valence-electron chi connectivity index (χ1n) is 12.8. The van der Waals surface area contributed by atoms with Gasteiger partial charge in [0.25, 0.3) is 0 Å². The van der Waals surface area contributed by atoms with Crippen molar-refractivity contribution in [3.05, 3.63) is 0 Å². The lowest BCUT2D eigenvalue weighted by molar-refractivity contribution is -0.0948. The summed E-state index contributed by atoms with van der Waals surface area (Å²) in [4.78, 5) is 0. The molecule has 0 amide bonds. The van der Waals surface area contributed by atoms with Crippen LogP contribution in [0.2, 0.25) is 0 Å². The second-order valence-electron chi connectivity index (χ2n) is 12.1.